The van der Waals surface area contributed by atoms with Gasteiger partial charge in [-0.15, -0.1) is 0 Å². The van der Waals surface area contributed by atoms with Gasteiger partial charge >= 0.3 is 0 Å². The maximum atomic E-state index is 12.6. The number of amides is 1. The Labute approximate surface area is 149 Å². The zero-order chi connectivity index (χ0) is 17.5. The van der Waals surface area contributed by atoms with Crippen molar-refractivity contribution in [1.82, 2.24) is 4.90 Å². The van der Waals surface area contributed by atoms with Crippen molar-refractivity contribution < 1.29 is 23.7 Å². The lowest BCUT2D eigenvalue weighted by atomic mass is 10.0. The van der Waals surface area contributed by atoms with Crippen LogP contribution in [0.4, 0.5) is 0 Å². The van der Waals surface area contributed by atoms with Gasteiger partial charge in [0.15, 0.2) is 6.29 Å². The van der Waals surface area contributed by atoms with Crippen LogP contribution in [-0.2, 0) is 14.3 Å². The molecular formula is C19H27NO5. The second-order valence-corrected chi connectivity index (χ2v) is 6.39. The molecule has 2 aliphatic heterocycles. The maximum absolute atomic E-state index is 12.6. The van der Waals surface area contributed by atoms with E-state index < -0.39 is 0 Å². The highest BCUT2D eigenvalue weighted by Crippen LogP contribution is 2.25. The van der Waals surface area contributed by atoms with Crippen LogP contribution in [0.2, 0.25) is 0 Å². The molecule has 25 heavy (non-hydrogen) atoms. The molecular weight excluding hydrogens is 322 g/mol. The summed E-state index contributed by atoms with van der Waals surface area (Å²) in [5.41, 5.74) is 0. The molecule has 2 heterocycles. The fourth-order valence-corrected chi connectivity index (χ4v) is 3.38. The third-order valence-electron chi connectivity index (χ3n) is 4.69. The van der Waals surface area contributed by atoms with Crippen molar-refractivity contribution >= 4 is 5.91 Å². The number of nitrogens with zero attached hydrogens (tertiary/aromatic N) is 1. The lowest BCUT2D eigenvalue weighted by Gasteiger charge is -2.38. The summed E-state index contributed by atoms with van der Waals surface area (Å²) in [7, 11) is 1.64. The van der Waals surface area contributed by atoms with Crippen molar-refractivity contribution in [3.05, 3.63) is 24.3 Å². The highest BCUT2D eigenvalue weighted by molar-refractivity contribution is 5.76. The molecule has 0 bridgehead atoms. The van der Waals surface area contributed by atoms with E-state index in [4.69, 9.17) is 18.9 Å². The number of benzene rings is 1. The predicted molar refractivity (Wildman–Crippen MR) is 92.8 cm³/mol. The monoisotopic (exact) mass is 349 g/mol. The Bertz CT molecular complexity index is 541. The minimum Gasteiger partial charge on any atom is -0.497 e. The number of hydrogen-bond donors (Lipinski definition) is 0. The van der Waals surface area contributed by atoms with Gasteiger partial charge in [0.2, 0.25) is 5.91 Å². The van der Waals surface area contributed by atoms with Gasteiger partial charge in [-0.05, 0) is 49.9 Å². The quantitative estimate of drug-likeness (QED) is 0.708. The van der Waals surface area contributed by atoms with Gasteiger partial charge in [-0.25, -0.2) is 0 Å². The van der Waals surface area contributed by atoms with Crippen LogP contribution in [0.25, 0.3) is 0 Å². The third-order valence-corrected chi connectivity index (χ3v) is 4.69. The van der Waals surface area contributed by atoms with E-state index >= 15 is 0 Å². The molecule has 0 radical (unpaired) electrons. The lowest BCUT2D eigenvalue weighted by Crippen LogP contribution is -2.50. The SMILES string of the molecule is COc1ccc(OCCCC(=O)N2CCCCC2C2OCCO2)cc1. The van der Waals surface area contributed by atoms with Crippen LogP contribution in [-0.4, -0.2) is 56.6 Å². The minimum atomic E-state index is -0.250. The minimum absolute atomic E-state index is 0.0613. The number of hydrogen-bond acceptors (Lipinski definition) is 5. The van der Waals surface area contributed by atoms with Gasteiger partial charge < -0.3 is 23.8 Å². The smallest absolute Gasteiger partial charge is 0.223 e. The van der Waals surface area contributed by atoms with Gasteiger partial charge in [0.05, 0.1) is 33.0 Å². The van der Waals surface area contributed by atoms with Crippen LogP contribution in [0.5, 0.6) is 11.5 Å². The molecule has 1 aromatic rings. The van der Waals surface area contributed by atoms with Crippen molar-refractivity contribution in [3.8, 4) is 11.5 Å². The first-order valence-corrected chi connectivity index (χ1v) is 9.07. The first kappa shape index (κ1) is 18.0. The number of carbonyl (C=O) groups is 1. The Morgan fingerprint density at radius 1 is 1.16 bits per heavy atom. The lowest BCUT2D eigenvalue weighted by molar-refractivity contribution is -0.150. The standard InChI is InChI=1S/C19H27NO5/c1-22-15-7-9-16(10-8-15)23-12-4-6-18(21)20-11-3-2-5-17(20)19-24-13-14-25-19/h7-10,17,19H,2-6,11-14H2,1H3. The van der Waals surface area contributed by atoms with Crippen molar-refractivity contribution in [1.29, 1.82) is 0 Å². The number of likely N-dealkylation sites (tertiary alicyclic amines) is 1. The molecule has 2 saturated heterocycles. The summed E-state index contributed by atoms with van der Waals surface area (Å²) < 4.78 is 22.1. The van der Waals surface area contributed by atoms with Gasteiger partial charge in [-0.1, -0.05) is 0 Å². The van der Waals surface area contributed by atoms with E-state index in [-0.39, 0.29) is 18.2 Å². The summed E-state index contributed by atoms with van der Waals surface area (Å²) >= 11 is 0. The molecule has 1 amide bonds. The second-order valence-electron chi connectivity index (χ2n) is 6.39. The molecule has 0 saturated carbocycles. The number of piperidine rings is 1. The first-order chi connectivity index (χ1) is 12.3. The average molecular weight is 349 g/mol. The zero-order valence-electron chi connectivity index (χ0n) is 14.8. The summed E-state index contributed by atoms with van der Waals surface area (Å²) in [6, 6.07) is 7.53. The number of ether oxygens (including phenoxy) is 4. The van der Waals surface area contributed by atoms with Crippen LogP contribution in [0.1, 0.15) is 32.1 Å². The first-order valence-electron chi connectivity index (χ1n) is 9.07. The van der Waals surface area contributed by atoms with Crippen LogP contribution in [0.3, 0.4) is 0 Å². The summed E-state index contributed by atoms with van der Waals surface area (Å²) in [6.45, 7) is 2.57. The van der Waals surface area contributed by atoms with Crippen molar-refractivity contribution in [2.75, 3.05) is 33.5 Å². The normalized spacial score (nSPS) is 21.3. The Balaban J connectivity index is 1.42. The maximum Gasteiger partial charge on any atom is 0.223 e. The molecule has 3 rings (SSSR count). The molecule has 6 heteroatoms. The Morgan fingerprint density at radius 3 is 2.60 bits per heavy atom. The van der Waals surface area contributed by atoms with E-state index in [2.05, 4.69) is 0 Å². The van der Waals surface area contributed by atoms with Gasteiger partial charge in [-0.2, -0.15) is 0 Å². The van der Waals surface area contributed by atoms with E-state index in [0.717, 1.165) is 37.3 Å². The van der Waals surface area contributed by atoms with E-state index in [9.17, 15) is 4.79 Å². The molecule has 1 aromatic carbocycles. The highest BCUT2D eigenvalue weighted by atomic mass is 16.7. The molecule has 1 unspecified atom stereocenters. The largest absolute Gasteiger partial charge is 0.497 e. The van der Waals surface area contributed by atoms with E-state index in [1.165, 1.54) is 0 Å². The number of carbonyl (C=O) groups excluding carboxylic acids is 1. The molecule has 0 aromatic heterocycles. The Kier molecular flexibility index (Phi) is 6.53. The molecule has 6 nitrogen and oxygen atoms in total. The fraction of sp³-hybridized carbons (Fsp3) is 0.632. The second kappa shape index (κ2) is 9.06. The number of methoxy groups -OCH3 is 1. The highest BCUT2D eigenvalue weighted by Gasteiger charge is 2.35. The molecule has 1 atom stereocenters. The van der Waals surface area contributed by atoms with Crippen LogP contribution in [0.15, 0.2) is 24.3 Å². The van der Waals surface area contributed by atoms with Crippen LogP contribution >= 0.6 is 0 Å². The predicted octanol–water partition coefficient (Wildman–Crippen LogP) is 2.61. The van der Waals surface area contributed by atoms with Gasteiger partial charge in [0.25, 0.3) is 0 Å². The molecule has 0 aliphatic carbocycles. The molecule has 0 N–H and O–H groups in total. The summed E-state index contributed by atoms with van der Waals surface area (Å²) in [5.74, 6) is 1.76. The Hall–Kier alpha value is -1.79. The summed E-state index contributed by atoms with van der Waals surface area (Å²) in [4.78, 5) is 14.6. The summed E-state index contributed by atoms with van der Waals surface area (Å²) in [5, 5.41) is 0. The van der Waals surface area contributed by atoms with Crippen LogP contribution < -0.4 is 9.47 Å². The third kappa shape index (κ3) is 4.86. The van der Waals surface area contributed by atoms with Gasteiger partial charge in [0, 0.05) is 13.0 Å². The molecule has 2 aliphatic rings. The van der Waals surface area contributed by atoms with Gasteiger partial charge in [-0.3, -0.25) is 4.79 Å². The van der Waals surface area contributed by atoms with Crippen molar-refractivity contribution in [2.45, 2.75) is 44.4 Å². The Morgan fingerprint density at radius 2 is 1.88 bits per heavy atom. The van der Waals surface area contributed by atoms with Crippen molar-refractivity contribution in [3.63, 3.8) is 0 Å². The summed E-state index contributed by atoms with van der Waals surface area (Å²) in [6.07, 6.45) is 4.06. The van der Waals surface area contributed by atoms with Gasteiger partial charge in [0.1, 0.15) is 11.5 Å². The fourth-order valence-electron chi connectivity index (χ4n) is 3.38. The van der Waals surface area contributed by atoms with E-state index in [0.29, 0.717) is 32.7 Å². The van der Waals surface area contributed by atoms with E-state index in [1.807, 2.05) is 29.2 Å². The van der Waals surface area contributed by atoms with E-state index in [1.54, 1.807) is 7.11 Å². The molecule has 0 spiro atoms. The molecule has 2 fully saturated rings. The topological polar surface area (TPSA) is 57.2 Å². The number of rotatable bonds is 7. The van der Waals surface area contributed by atoms with Crippen LogP contribution in [0, 0.1) is 0 Å². The molecule has 138 valence electrons. The average Bonchev–Trinajstić information content (AvgIpc) is 3.20. The zero-order valence-corrected chi connectivity index (χ0v) is 14.8. The van der Waals surface area contributed by atoms with Crippen molar-refractivity contribution in [2.24, 2.45) is 0 Å².